The SMILES string of the molecule is CC(C)CC(=O)Nc1ccc(NC(=O)NC(CO)Cc2ccccc2)cc1. The number of aliphatic hydroxyl groups is 1. The quantitative estimate of drug-likeness (QED) is 0.575. The third-order valence-corrected chi connectivity index (χ3v) is 3.90. The van der Waals surface area contributed by atoms with E-state index in [9.17, 15) is 14.7 Å². The molecule has 0 fully saturated rings. The number of aliphatic hydroxyl groups excluding tert-OH is 1. The summed E-state index contributed by atoms with van der Waals surface area (Å²) in [6, 6.07) is 15.8. The smallest absolute Gasteiger partial charge is 0.319 e. The molecule has 1 atom stereocenters. The van der Waals surface area contributed by atoms with Gasteiger partial charge in [0.1, 0.15) is 0 Å². The molecule has 0 spiro atoms. The fourth-order valence-corrected chi connectivity index (χ4v) is 2.63. The molecular weight excluding hydrogens is 342 g/mol. The van der Waals surface area contributed by atoms with Gasteiger partial charge in [-0.3, -0.25) is 4.79 Å². The molecule has 0 aromatic heterocycles. The molecule has 2 rings (SSSR count). The third-order valence-electron chi connectivity index (χ3n) is 3.90. The summed E-state index contributed by atoms with van der Waals surface area (Å²) < 4.78 is 0. The van der Waals surface area contributed by atoms with Crippen LogP contribution in [0, 0.1) is 5.92 Å². The molecule has 0 aliphatic heterocycles. The minimum absolute atomic E-state index is 0.0323. The third kappa shape index (κ3) is 7.50. The first-order valence-corrected chi connectivity index (χ1v) is 9.08. The molecule has 3 amide bonds. The van der Waals surface area contributed by atoms with E-state index in [0.717, 1.165) is 5.56 Å². The van der Waals surface area contributed by atoms with Crippen LogP contribution in [0.1, 0.15) is 25.8 Å². The van der Waals surface area contributed by atoms with Gasteiger partial charge in [-0.1, -0.05) is 44.2 Å². The lowest BCUT2D eigenvalue weighted by Crippen LogP contribution is -2.41. The molecule has 0 bridgehead atoms. The molecule has 0 aliphatic carbocycles. The second-order valence-corrected chi connectivity index (χ2v) is 6.89. The summed E-state index contributed by atoms with van der Waals surface area (Å²) in [7, 11) is 0. The summed E-state index contributed by atoms with van der Waals surface area (Å²) >= 11 is 0. The van der Waals surface area contributed by atoms with E-state index in [1.807, 2.05) is 44.2 Å². The highest BCUT2D eigenvalue weighted by Crippen LogP contribution is 2.14. The Balaban J connectivity index is 1.84. The zero-order valence-corrected chi connectivity index (χ0v) is 15.7. The van der Waals surface area contributed by atoms with E-state index in [1.165, 1.54) is 0 Å². The van der Waals surface area contributed by atoms with Crippen molar-refractivity contribution in [1.82, 2.24) is 5.32 Å². The van der Waals surface area contributed by atoms with Gasteiger partial charge in [0.15, 0.2) is 0 Å². The Bertz CT molecular complexity index is 730. The Hall–Kier alpha value is -2.86. The fourth-order valence-electron chi connectivity index (χ4n) is 2.63. The molecule has 0 heterocycles. The van der Waals surface area contributed by atoms with E-state index < -0.39 is 0 Å². The molecule has 0 radical (unpaired) electrons. The zero-order valence-electron chi connectivity index (χ0n) is 15.7. The molecule has 27 heavy (non-hydrogen) atoms. The van der Waals surface area contributed by atoms with Crippen LogP contribution in [0.25, 0.3) is 0 Å². The Morgan fingerprint density at radius 2 is 1.52 bits per heavy atom. The normalized spacial score (nSPS) is 11.7. The first kappa shape index (κ1) is 20.5. The molecule has 0 aliphatic rings. The van der Waals surface area contributed by atoms with E-state index in [2.05, 4.69) is 16.0 Å². The molecule has 0 saturated heterocycles. The molecule has 144 valence electrons. The van der Waals surface area contributed by atoms with Crippen LogP contribution in [0.5, 0.6) is 0 Å². The Morgan fingerprint density at radius 3 is 2.07 bits per heavy atom. The van der Waals surface area contributed by atoms with Crippen LogP contribution in [0.4, 0.5) is 16.2 Å². The van der Waals surface area contributed by atoms with Gasteiger partial charge in [-0.15, -0.1) is 0 Å². The Morgan fingerprint density at radius 1 is 0.926 bits per heavy atom. The van der Waals surface area contributed by atoms with Crippen molar-refractivity contribution >= 4 is 23.3 Å². The van der Waals surface area contributed by atoms with Crippen LogP contribution in [0.3, 0.4) is 0 Å². The monoisotopic (exact) mass is 369 g/mol. The number of hydrogen-bond donors (Lipinski definition) is 4. The number of carbonyl (C=O) groups excluding carboxylic acids is 2. The summed E-state index contributed by atoms with van der Waals surface area (Å²) in [6.45, 7) is 3.83. The molecule has 6 heteroatoms. The number of rotatable bonds is 8. The number of carbonyl (C=O) groups is 2. The number of anilines is 2. The summed E-state index contributed by atoms with van der Waals surface area (Å²) in [5.41, 5.74) is 2.33. The van der Waals surface area contributed by atoms with Gasteiger partial charge in [-0.25, -0.2) is 4.79 Å². The first-order chi connectivity index (χ1) is 13.0. The lowest BCUT2D eigenvalue weighted by atomic mass is 10.1. The number of amides is 3. The van der Waals surface area contributed by atoms with Gasteiger partial charge in [-0.05, 0) is 42.2 Å². The van der Waals surface area contributed by atoms with Crippen molar-refractivity contribution in [3.05, 3.63) is 60.2 Å². The summed E-state index contributed by atoms with van der Waals surface area (Å²) in [6.07, 6.45) is 1.01. The number of urea groups is 1. The van der Waals surface area contributed by atoms with Gasteiger partial charge in [0.2, 0.25) is 5.91 Å². The summed E-state index contributed by atoms with van der Waals surface area (Å²) in [4.78, 5) is 23.9. The van der Waals surface area contributed by atoms with Crippen LogP contribution < -0.4 is 16.0 Å². The van der Waals surface area contributed by atoms with Crippen molar-refractivity contribution < 1.29 is 14.7 Å². The van der Waals surface area contributed by atoms with Crippen LogP contribution >= 0.6 is 0 Å². The van der Waals surface area contributed by atoms with Gasteiger partial charge in [0.25, 0.3) is 0 Å². The van der Waals surface area contributed by atoms with Crippen LogP contribution in [-0.4, -0.2) is 29.7 Å². The Kier molecular flexibility index (Phi) is 7.82. The second kappa shape index (κ2) is 10.3. The maximum Gasteiger partial charge on any atom is 0.319 e. The maximum absolute atomic E-state index is 12.2. The molecular formula is C21H27N3O3. The maximum atomic E-state index is 12.2. The van der Waals surface area contributed by atoms with Crippen molar-refractivity contribution in [2.75, 3.05) is 17.2 Å². The molecule has 2 aromatic rings. The van der Waals surface area contributed by atoms with E-state index >= 15 is 0 Å². The summed E-state index contributed by atoms with van der Waals surface area (Å²) in [5.74, 6) is 0.264. The highest BCUT2D eigenvalue weighted by Gasteiger charge is 2.12. The molecule has 2 aromatic carbocycles. The average molecular weight is 369 g/mol. The zero-order chi connectivity index (χ0) is 19.6. The van der Waals surface area contributed by atoms with Crippen LogP contribution in [0.2, 0.25) is 0 Å². The molecule has 0 saturated carbocycles. The lowest BCUT2D eigenvalue weighted by Gasteiger charge is -2.17. The minimum Gasteiger partial charge on any atom is -0.394 e. The largest absolute Gasteiger partial charge is 0.394 e. The highest BCUT2D eigenvalue weighted by molar-refractivity contribution is 5.92. The van der Waals surface area contributed by atoms with E-state index in [-0.39, 0.29) is 24.6 Å². The predicted molar refractivity (Wildman–Crippen MR) is 108 cm³/mol. The average Bonchev–Trinajstić information content (AvgIpc) is 2.63. The lowest BCUT2D eigenvalue weighted by molar-refractivity contribution is -0.116. The van der Waals surface area contributed by atoms with Gasteiger partial charge >= 0.3 is 6.03 Å². The minimum atomic E-state index is -0.387. The van der Waals surface area contributed by atoms with E-state index in [1.54, 1.807) is 24.3 Å². The van der Waals surface area contributed by atoms with Crippen molar-refractivity contribution in [3.63, 3.8) is 0 Å². The van der Waals surface area contributed by atoms with Crippen molar-refractivity contribution in [3.8, 4) is 0 Å². The number of nitrogens with one attached hydrogen (secondary N) is 3. The second-order valence-electron chi connectivity index (χ2n) is 6.89. The molecule has 6 nitrogen and oxygen atoms in total. The highest BCUT2D eigenvalue weighted by atomic mass is 16.3. The van der Waals surface area contributed by atoms with E-state index in [0.29, 0.717) is 30.1 Å². The standard InChI is InChI=1S/C21H27N3O3/c1-15(2)12-20(26)22-17-8-10-18(11-9-17)23-21(27)24-19(14-25)13-16-6-4-3-5-7-16/h3-11,15,19,25H,12-14H2,1-2H3,(H,22,26)(H2,23,24,27). The number of hydrogen-bond acceptors (Lipinski definition) is 3. The molecule has 1 unspecified atom stereocenters. The van der Waals surface area contributed by atoms with Gasteiger partial charge in [0, 0.05) is 17.8 Å². The van der Waals surface area contributed by atoms with Gasteiger partial charge in [0.05, 0.1) is 12.6 Å². The van der Waals surface area contributed by atoms with Crippen molar-refractivity contribution in [1.29, 1.82) is 0 Å². The van der Waals surface area contributed by atoms with E-state index in [4.69, 9.17) is 0 Å². The summed E-state index contributed by atoms with van der Waals surface area (Å²) in [5, 5.41) is 17.8. The Labute approximate surface area is 160 Å². The fraction of sp³-hybridized carbons (Fsp3) is 0.333. The van der Waals surface area contributed by atoms with Crippen LogP contribution in [0.15, 0.2) is 54.6 Å². The number of benzene rings is 2. The first-order valence-electron chi connectivity index (χ1n) is 9.08. The van der Waals surface area contributed by atoms with Crippen molar-refractivity contribution in [2.45, 2.75) is 32.7 Å². The van der Waals surface area contributed by atoms with Crippen LogP contribution in [-0.2, 0) is 11.2 Å². The van der Waals surface area contributed by atoms with Gasteiger partial charge < -0.3 is 21.1 Å². The van der Waals surface area contributed by atoms with Crippen molar-refractivity contribution in [2.24, 2.45) is 5.92 Å². The predicted octanol–water partition coefficient (Wildman–Crippen LogP) is 3.40. The molecule has 4 N–H and O–H groups in total. The van der Waals surface area contributed by atoms with Gasteiger partial charge in [-0.2, -0.15) is 0 Å². The topological polar surface area (TPSA) is 90.5 Å².